The van der Waals surface area contributed by atoms with Gasteiger partial charge in [0.2, 0.25) is 0 Å². The first-order chi connectivity index (χ1) is 7.54. The molecule has 0 heterocycles. The van der Waals surface area contributed by atoms with E-state index in [1.807, 2.05) is 6.07 Å². The van der Waals surface area contributed by atoms with E-state index in [2.05, 4.69) is 54.2 Å². The molecule has 1 aromatic carbocycles. The Morgan fingerprint density at radius 2 is 2.06 bits per heavy atom. The van der Waals surface area contributed by atoms with Crippen molar-refractivity contribution in [2.75, 3.05) is 6.61 Å². The largest absolute Gasteiger partial charge is 0.395 e. The molecular formula is C13H20BrNO. The smallest absolute Gasteiger partial charge is 0.0587 e. The topological polar surface area (TPSA) is 32.3 Å². The molecule has 1 aromatic rings. The van der Waals surface area contributed by atoms with Crippen LogP contribution in [0.25, 0.3) is 0 Å². The summed E-state index contributed by atoms with van der Waals surface area (Å²) in [6.07, 6.45) is 0. The lowest BCUT2D eigenvalue weighted by Crippen LogP contribution is -2.36. The van der Waals surface area contributed by atoms with Crippen LogP contribution in [0.1, 0.15) is 25.0 Å². The maximum absolute atomic E-state index is 9.23. The molecule has 16 heavy (non-hydrogen) atoms. The van der Waals surface area contributed by atoms with E-state index < -0.39 is 0 Å². The molecule has 0 spiro atoms. The summed E-state index contributed by atoms with van der Waals surface area (Å²) in [7, 11) is 0. The van der Waals surface area contributed by atoms with Gasteiger partial charge in [0, 0.05) is 17.1 Å². The minimum Gasteiger partial charge on any atom is -0.395 e. The van der Waals surface area contributed by atoms with Crippen LogP contribution >= 0.6 is 15.9 Å². The highest BCUT2D eigenvalue weighted by Gasteiger charge is 2.11. The van der Waals surface area contributed by atoms with E-state index in [0.29, 0.717) is 5.92 Å². The number of aliphatic hydroxyl groups is 1. The van der Waals surface area contributed by atoms with Crippen LogP contribution in [0.4, 0.5) is 0 Å². The predicted octanol–water partition coefficient (Wildman–Crippen LogP) is 2.86. The maximum atomic E-state index is 9.23. The molecule has 0 bridgehead atoms. The summed E-state index contributed by atoms with van der Waals surface area (Å²) in [6, 6.07) is 6.44. The zero-order valence-electron chi connectivity index (χ0n) is 10.1. The Morgan fingerprint density at radius 3 is 2.62 bits per heavy atom. The third-order valence-corrected chi connectivity index (χ3v) is 3.36. The van der Waals surface area contributed by atoms with E-state index in [1.54, 1.807) is 0 Å². The molecule has 3 heteroatoms. The molecule has 1 rings (SSSR count). The second kappa shape index (κ2) is 6.38. The summed E-state index contributed by atoms with van der Waals surface area (Å²) < 4.78 is 1.10. The summed E-state index contributed by atoms with van der Waals surface area (Å²) in [5.74, 6) is 0.442. The Hall–Kier alpha value is -0.380. The van der Waals surface area contributed by atoms with Gasteiger partial charge < -0.3 is 10.4 Å². The van der Waals surface area contributed by atoms with Gasteiger partial charge in [-0.15, -0.1) is 0 Å². The van der Waals surface area contributed by atoms with Gasteiger partial charge in [-0.2, -0.15) is 0 Å². The Balaban J connectivity index is 2.63. The third-order valence-electron chi connectivity index (χ3n) is 2.87. The van der Waals surface area contributed by atoms with Crippen molar-refractivity contribution in [3.05, 3.63) is 33.8 Å². The number of nitrogens with one attached hydrogen (secondary N) is 1. The van der Waals surface area contributed by atoms with Crippen LogP contribution in [0.2, 0.25) is 0 Å². The number of benzene rings is 1. The molecule has 1 atom stereocenters. The minimum absolute atomic E-state index is 0.165. The number of rotatable bonds is 5. The highest BCUT2D eigenvalue weighted by molar-refractivity contribution is 9.10. The van der Waals surface area contributed by atoms with Crippen molar-refractivity contribution >= 4 is 15.9 Å². The molecule has 0 aliphatic heterocycles. The molecule has 1 unspecified atom stereocenters. The Labute approximate surface area is 106 Å². The average Bonchev–Trinajstić information content (AvgIpc) is 2.23. The zero-order valence-corrected chi connectivity index (χ0v) is 11.7. The van der Waals surface area contributed by atoms with Crippen molar-refractivity contribution in [1.82, 2.24) is 5.32 Å². The van der Waals surface area contributed by atoms with Crippen LogP contribution in [0.3, 0.4) is 0 Å². The second-order valence-electron chi connectivity index (χ2n) is 4.48. The van der Waals surface area contributed by atoms with Crippen molar-refractivity contribution in [2.45, 2.75) is 33.4 Å². The maximum Gasteiger partial charge on any atom is 0.0587 e. The van der Waals surface area contributed by atoms with Crippen molar-refractivity contribution in [3.63, 3.8) is 0 Å². The summed E-state index contributed by atoms with van der Waals surface area (Å²) in [5, 5.41) is 12.6. The van der Waals surface area contributed by atoms with Gasteiger partial charge in [-0.25, -0.2) is 0 Å². The van der Waals surface area contributed by atoms with Gasteiger partial charge >= 0.3 is 0 Å². The summed E-state index contributed by atoms with van der Waals surface area (Å²) in [6.45, 7) is 7.31. The molecule has 0 aliphatic carbocycles. The van der Waals surface area contributed by atoms with E-state index in [0.717, 1.165) is 11.0 Å². The van der Waals surface area contributed by atoms with Gasteiger partial charge in [0.05, 0.1) is 6.61 Å². The van der Waals surface area contributed by atoms with Crippen LogP contribution in [0, 0.1) is 12.8 Å². The second-order valence-corrected chi connectivity index (χ2v) is 5.40. The summed E-state index contributed by atoms with van der Waals surface area (Å²) in [4.78, 5) is 0. The Bertz CT molecular complexity index is 339. The quantitative estimate of drug-likeness (QED) is 0.872. The first-order valence-corrected chi connectivity index (χ1v) is 6.43. The number of aryl methyl sites for hydroxylation is 1. The van der Waals surface area contributed by atoms with Gasteiger partial charge in [-0.1, -0.05) is 35.8 Å². The normalized spacial score (nSPS) is 13.1. The number of hydrogen-bond donors (Lipinski definition) is 2. The fourth-order valence-electron chi connectivity index (χ4n) is 1.58. The number of hydrogen-bond acceptors (Lipinski definition) is 2. The standard InChI is InChI=1S/C13H20BrNO/c1-9(2)13(8-16)15-7-11-6-12(14)5-4-10(11)3/h4-6,9,13,15-16H,7-8H2,1-3H3. The van der Waals surface area contributed by atoms with Crippen molar-refractivity contribution < 1.29 is 5.11 Å². The van der Waals surface area contributed by atoms with Crippen molar-refractivity contribution in [1.29, 1.82) is 0 Å². The highest BCUT2D eigenvalue weighted by atomic mass is 79.9. The fourth-order valence-corrected chi connectivity index (χ4v) is 1.99. The molecular weight excluding hydrogens is 266 g/mol. The molecule has 0 saturated carbocycles. The molecule has 0 fully saturated rings. The van der Waals surface area contributed by atoms with E-state index in [1.165, 1.54) is 11.1 Å². The molecule has 0 aromatic heterocycles. The predicted molar refractivity (Wildman–Crippen MR) is 71.4 cm³/mol. The minimum atomic E-state index is 0.165. The zero-order chi connectivity index (χ0) is 12.1. The molecule has 0 aliphatic rings. The highest BCUT2D eigenvalue weighted by Crippen LogP contribution is 2.16. The monoisotopic (exact) mass is 285 g/mol. The van der Waals surface area contributed by atoms with E-state index >= 15 is 0 Å². The van der Waals surface area contributed by atoms with Gasteiger partial charge in [0.25, 0.3) is 0 Å². The average molecular weight is 286 g/mol. The van der Waals surface area contributed by atoms with Crippen molar-refractivity contribution in [3.8, 4) is 0 Å². The van der Waals surface area contributed by atoms with E-state index in [4.69, 9.17) is 0 Å². The summed E-state index contributed by atoms with van der Waals surface area (Å²) >= 11 is 3.47. The van der Waals surface area contributed by atoms with Gasteiger partial charge in [-0.3, -0.25) is 0 Å². The van der Waals surface area contributed by atoms with Gasteiger partial charge in [0.15, 0.2) is 0 Å². The number of aliphatic hydroxyl groups excluding tert-OH is 1. The summed E-state index contributed by atoms with van der Waals surface area (Å²) in [5.41, 5.74) is 2.55. The van der Waals surface area contributed by atoms with E-state index in [9.17, 15) is 5.11 Å². The van der Waals surface area contributed by atoms with Crippen LogP contribution in [-0.4, -0.2) is 17.8 Å². The molecule has 0 saturated heterocycles. The Morgan fingerprint density at radius 1 is 1.38 bits per heavy atom. The van der Waals surface area contributed by atoms with Crippen LogP contribution in [0.15, 0.2) is 22.7 Å². The van der Waals surface area contributed by atoms with Crippen LogP contribution < -0.4 is 5.32 Å². The Kier molecular flexibility index (Phi) is 5.46. The van der Waals surface area contributed by atoms with E-state index in [-0.39, 0.29) is 12.6 Å². The lowest BCUT2D eigenvalue weighted by atomic mass is 10.0. The first kappa shape index (κ1) is 13.7. The molecule has 2 nitrogen and oxygen atoms in total. The lowest BCUT2D eigenvalue weighted by molar-refractivity contribution is 0.210. The van der Waals surface area contributed by atoms with Crippen LogP contribution in [-0.2, 0) is 6.54 Å². The van der Waals surface area contributed by atoms with Gasteiger partial charge in [0.1, 0.15) is 0 Å². The van der Waals surface area contributed by atoms with Gasteiger partial charge in [-0.05, 0) is 36.1 Å². The van der Waals surface area contributed by atoms with Crippen LogP contribution in [0.5, 0.6) is 0 Å². The molecule has 0 radical (unpaired) electrons. The molecule has 0 amide bonds. The molecule has 90 valence electrons. The SMILES string of the molecule is Cc1ccc(Br)cc1CNC(CO)C(C)C. The van der Waals surface area contributed by atoms with Crippen molar-refractivity contribution in [2.24, 2.45) is 5.92 Å². The first-order valence-electron chi connectivity index (χ1n) is 5.64. The molecule has 2 N–H and O–H groups in total. The fraction of sp³-hybridized carbons (Fsp3) is 0.538. The third kappa shape index (κ3) is 3.89. The number of halogens is 1. The lowest BCUT2D eigenvalue weighted by Gasteiger charge is -2.20.